The highest BCUT2D eigenvalue weighted by Gasteiger charge is 2.22. The Labute approximate surface area is 172 Å². The minimum atomic E-state index is -0.474. The number of thiazole rings is 1. The first-order valence-electron chi connectivity index (χ1n) is 9.06. The number of anilines is 1. The van der Waals surface area contributed by atoms with E-state index in [1.54, 1.807) is 6.07 Å². The number of halogens is 2. The maximum absolute atomic E-state index is 13.9. The molecular weight excluding hydrogens is 397 g/mol. The average molecular weight is 416 g/mol. The Balaban J connectivity index is 1.39. The number of aromatic nitrogens is 1. The highest BCUT2D eigenvalue weighted by molar-refractivity contribution is 7.15. The summed E-state index contributed by atoms with van der Waals surface area (Å²) in [6.07, 6.45) is 0.740. The van der Waals surface area contributed by atoms with E-state index in [1.807, 2.05) is 18.2 Å². The SMILES string of the molecule is O=C(Cc1c(F)cccc1Cl)Nc1nc2c(s1)CN(Cc1ccccc1)CC2. The highest BCUT2D eigenvalue weighted by Crippen LogP contribution is 2.29. The Morgan fingerprint density at radius 2 is 2.04 bits per heavy atom. The van der Waals surface area contributed by atoms with Gasteiger partial charge in [-0.05, 0) is 17.7 Å². The van der Waals surface area contributed by atoms with Crippen molar-refractivity contribution in [1.82, 2.24) is 9.88 Å². The molecule has 0 bridgehead atoms. The van der Waals surface area contributed by atoms with Crippen LogP contribution >= 0.6 is 22.9 Å². The lowest BCUT2D eigenvalue weighted by Crippen LogP contribution is -2.29. The molecule has 4 nitrogen and oxygen atoms in total. The first kappa shape index (κ1) is 19.1. The van der Waals surface area contributed by atoms with E-state index in [0.717, 1.165) is 31.7 Å². The molecule has 0 saturated carbocycles. The summed E-state index contributed by atoms with van der Waals surface area (Å²) in [5.41, 5.74) is 2.52. The molecule has 1 amide bonds. The summed E-state index contributed by atoms with van der Waals surface area (Å²) in [7, 11) is 0. The summed E-state index contributed by atoms with van der Waals surface area (Å²) in [4.78, 5) is 20.4. The zero-order valence-electron chi connectivity index (χ0n) is 15.1. The summed E-state index contributed by atoms with van der Waals surface area (Å²) >= 11 is 7.49. The molecule has 1 N–H and O–H groups in total. The van der Waals surface area contributed by atoms with Crippen molar-refractivity contribution in [3.8, 4) is 0 Å². The third kappa shape index (κ3) is 4.41. The number of fused-ring (bicyclic) bond motifs is 1. The van der Waals surface area contributed by atoms with Gasteiger partial charge in [0.2, 0.25) is 5.91 Å². The van der Waals surface area contributed by atoms with Gasteiger partial charge in [0.05, 0.1) is 12.1 Å². The molecule has 0 aliphatic carbocycles. The maximum atomic E-state index is 13.9. The molecule has 3 aromatic rings. The van der Waals surface area contributed by atoms with Crippen LogP contribution in [0.15, 0.2) is 48.5 Å². The fourth-order valence-corrected chi connectivity index (χ4v) is 4.60. The molecule has 0 fully saturated rings. The predicted octanol–water partition coefficient (Wildman–Crippen LogP) is 4.68. The number of rotatable bonds is 5. The van der Waals surface area contributed by atoms with E-state index in [-0.39, 0.29) is 22.9 Å². The van der Waals surface area contributed by atoms with Gasteiger partial charge in [-0.3, -0.25) is 9.69 Å². The van der Waals surface area contributed by atoms with Crippen molar-refractivity contribution in [2.75, 3.05) is 11.9 Å². The molecule has 2 aromatic carbocycles. The van der Waals surface area contributed by atoms with Crippen LogP contribution in [0.1, 0.15) is 21.7 Å². The fraction of sp³-hybridized carbons (Fsp3) is 0.238. The Bertz CT molecular complexity index is 972. The van der Waals surface area contributed by atoms with Crippen LogP contribution in [0.2, 0.25) is 5.02 Å². The Kier molecular flexibility index (Phi) is 5.71. The Hall–Kier alpha value is -2.28. The van der Waals surface area contributed by atoms with Gasteiger partial charge in [-0.1, -0.05) is 48.0 Å². The van der Waals surface area contributed by atoms with Gasteiger partial charge >= 0.3 is 0 Å². The number of amides is 1. The van der Waals surface area contributed by atoms with Gasteiger partial charge in [0.1, 0.15) is 5.82 Å². The number of hydrogen-bond donors (Lipinski definition) is 1. The van der Waals surface area contributed by atoms with Crippen LogP contribution in [-0.4, -0.2) is 22.3 Å². The minimum Gasteiger partial charge on any atom is -0.302 e. The van der Waals surface area contributed by atoms with E-state index in [0.29, 0.717) is 5.13 Å². The summed E-state index contributed by atoms with van der Waals surface area (Å²) < 4.78 is 13.9. The van der Waals surface area contributed by atoms with Crippen molar-refractivity contribution in [2.24, 2.45) is 0 Å². The summed E-state index contributed by atoms with van der Waals surface area (Å²) in [6.45, 7) is 2.65. The summed E-state index contributed by atoms with van der Waals surface area (Å²) in [6, 6.07) is 14.8. The third-order valence-corrected chi connectivity index (χ3v) is 6.06. The smallest absolute Gasteiger partial charge is 0.230 e. The topological polar surface area (TPSA) is 45.2 Å². The lowest BCUT2D eigenvalue weighted by Gasteiger charge is -2.25. The van der Waals surface area contributed by atoms with Crippen molar-refractivity contribution in [3.05, 3.63) is 81.1 Å². The highest BCUT2D eigenvalue weighted by atomic mass is 35.5. The Morgan fingerprint density at radius 1 is 1.21 bits per heavy atom. The summed E-state index contributed by atoms with van der Waals surface area (Å²) in [5.74, 6) is -0.795. The van der Waals surface area contributed by atoms with E-state index < -0.39 is 5.82 Å². The monoisotopic (exact) mass is 415 g/mol. The van der Waals surface area contributed by atoms with Crippen molar-refractivity contribution in [3.63, 3.8) is 0 Å². The van der Waals surface area contributed by atoms with Crippen molar-refractivity contribution < 1.29 is 9.18 Å². The van der Waals surface area contributed by atoms with Crippen molar-refractivity contribution in [1.29, 1.82) is 0 Å². The standard InChI is InChI=1S/C21H19ClFN3OS/c22-16-7-4-8-17(23)15(16)11-20(27)25-21-24-18-9-10-26(13-19(18)28-21)12-14-5-2-1-3-6-14/h1-8H,9-13H2,(H,24,25,27). The number of nitrogens with zero attached hydrogens (tertiary/aromatic N) is 2. The number of carbonyl (C=O) groups excluding carboxylic acids is 1. The minimum absolute atomic E-state index is 0.115. The lowest BCUT2D eigenvalue weighted by molar-refractivity contribution is -0.115. The van der Waals surface area contributed by atoms with Crippen LogP contribution in [0, 0.1) is 5.82 Å². The molecule has 0 spiro atoms. The van der Waals surface area contributed by atoms with Crippen LogP contribution in [0.4, 0.5) is 9.52 Å². The molecule has 0 atom stereocenters. The van der Waals surface area contributed by atoms with Crippen LogP contribution in [0.5, 0.6) is 0 Å². The second kappa shape index (κ2) is 8.39. The number of carbonyl (C=O) groups is 1. The van der Waals surface area contributed by atoms with E-state index in [9.17, 15) is 9.18 Å². The molecule has 1 aliphatic rings. The van der Waals surface area contributed by atoms with E-state index in [4.69, 9.17) is 11.6 Å². The lowest BCUT2D eigenvalue weighted by atomic mass is 10.1. The molecule has 1 aliphatic heterocycles. The van der Waals surface area contributed by atoms with E-state index in [1.165, 1.54) is 33.9 Å². The van der Waals surface area contributed by atoms with Gasteiger partial charge in [0, 0.05) is 41.5 Å². The zero-order valence-corrected chi connectivity index (χ0v) is 16.7. The van der Waals surface area contributed by atoms with Gasteiger partial charge in [-0.15, -0.1) is 11.3 Å². The Morgan fingerprint density at radius 3 is 2.82 bits per heavy atom. The van der Waals surface area contributed by atoms with Gasteiger partial charge in [0.15, 0.2) is 5.13 Å². The second-order valence-electron chi connectivity index (χ2n) is 6.76. The van der Waals surface area contributed by atoms with E-state index >= 15 is 0 Å². The summed E-state index contributed by atoms with van der Waals surface area (Å²) in [5, 5.41) is 3.61. The van der Waals surface area contributed by atoms with Gasteiger partial charge in [-0.25, -0.2) is 9.37 Å². The van der Waals surface area contributed by atoms with Gasteiger partial charge in [-0.2, -0.15) is 0 Å². The molecular formula is C21H19ClFN3OS. The molecule has 4 rings (SSSR count). The zero-order chi connectivity index (χ0) is 19.5. The van der Waals surface area contributed by atoms with Gasteiger partial charge in [0.25, 0.3) is 0 Å². The molecule has 144 valence electrons. The first-order valence-corrected chi connectivity index (χ1v) is 10.3. The van der Waals surface area contributed by atoms with Crippen LogP contribution in [0.25, 0.3) is 0 Å². The van der Waals surface area contributed by atoms with Crippen molar-refractivity contribution >= 4 is 34.0 Å². The van der Waals surface area contributed by atoms with Crippen LogP contribution in [-0.2, 0) is 30.7 Å². The normalized spacial score (nSPS) is 13.9. The molecule has 28 heavy (non-hydrogen) atoms. The van der Waals surface area contributed by atoms with Crippen LogP contribution in [0.3, 0.4) is 0 Å². The quantitative estimate of drug-likeness (QED) is 0.658. The van der Waals surface area contributed by atoms with Crippen LogP contribution < -0.4 is 5.32 Å². The fourth-order valence-electron chi connectivity index (χ4n) is 3.30. The second-order valence-corrected chi connectivity index (χ2v) is 8.25. The average Bonchev–Trinajstić information content (AvgIpc) is 3.07. The molecule has 0 unspecified atom stereocenters. The predicted molar refractivity (Wildman–Crippen MR) is 110 cm³/mol. The van der Waals surface area contributed by atoms with E-state index in [2.05, 4.69) is 27.3 Å². The number of hydrogen-bond acceptors (Lipinski definition) is 4. The largest absolute Gasteiger partial charge is 0.302 e. The molecule has 7 heteroatoms. The molecule has 1 aromatic heterocycles. The molecule has 0 radical (unpaired) electrons. The number of nitrogens with one attached hydrogen (secondary N) is 1. The van der Waals surface area contributed by atoms with Crippen molar-refractivity contribution in [2.45, 2.75) is 25.9 Å². The maximum Gasteiger partial charge on any atom is 0.230 e. The molecule has 0 saturated heterocycles. The third-order valence-electron chi connectivity index (χ3n) is 4.70. The van der Waals surface area contributed by atoms with Gasteiger partial charge < -0.3 is 5.32 Å². The molecule has 2 heterocycles. The number of benzene rings is 2. The first-order chi connectivity index (χ1) is 13.6.